The Labute approximate surface area is 337 Å². The molecule has 1 heterocycles. The van der Waals surface area contributed by atoms with Gasteiger partial charge in [0.15, 0.2) is 6.29 Å². The van der Waals surface area contributed by atoms with Crippen molar-refractivity contribution in [3.05, 3.63) is 48.6 Å². The van der Waals surface area contributed by atoms with Crippen LogP contribution in [0.15, 0.2) is 48.6 Å². The Balaban J connectivity index is 2.50. The Kier molecular flexibility index (Phi) is 27.3. The zero-order valence-corrected chi connectivity index (χ0v) is 33.7. The number of ether oxygens (including phenoxy) is 2. The van der Waals surface area contributed by atoms with Crippen molar-refractivity contribution >= 4 is 5.78 Å². The normalized spacial score (nSPS) is 26.7. The first-order chi connectivity index (χ1) is 26.9. The van der Waals surface area contributed by atoms with Gasteiger partial charge in [-0.3, -0.25) is 4.79 Å². The SMILES string of the molecule is C/C=C/C=C/CC(OC1OC(C)C(O)C(O)C1O)C(C)C(=O)CC(O)CC(O)CC(O)/C=C/CC(O)CC(O)CC(O)CC(O)/C=C/CC(O)CC(O)CCCN. The van der Waals surface area contributed by atoms with Crippen LogP contribution in [0.25, 0.3) is 0 Å². The van der Waals surface area contributed by atoms with E-state index >= 15 is 0 Å². The second-order valence-electron chi connectivity index (χ2n) is 15.4. The molecular formula is C41H73NO15. The predicted octanol–water partition coefficient (Wildman–Crippen LogP) is -0.463. The molecule has 16 heteroatoms. The number of carbonyl (C=O) groups is 1. The first kappa shape index (κ1) is 53.0. The minimum Gasteiger partial charge on any atom is -0.393 e. The molecule has 0 aliphatic carbocycles. The number of carbonyl (C=O) groups excluding carboxylic acids is 1. The van der Waals surface area contributed by atoms with Gasteiger partial charge in [0.25, 0.3) is 0 Å². The molecule has 1 saturated heterocycles. The zero-order chi connectivity index (χ0) is 43.1. The molecule has 0 aromatic rings. The van der Waals surface area contributed by atoms with Crippen molar-refractivity contribution < 1.29 is 75.5 Å². The summed E-state index contributed by atoms with van der Waals surface area (Å²) in [4.78, 5) is 13.2. The third-order valence-electron chi connectivity index (χ3n) is 9.91. The van der Waals surface area contributed by atoms with E-state index in [1.54, 1.807) is 31.2 Å². The molecule has 332 valence electrons. The molecule has 1 aliphatic heterocycles. The van der Waals surface area contributed by atoms with E-state index in [0.29, 0.717) is 19.4 Å². The van der Waals surface area contributed by atoms with Crippen LogP contribution in [0, 0.1) is 5.92 Å². The molecule has 0 radical (unpaired) electrons. The molecule has 57 heavy (non-hydrogen) atoms. The van der Waals surface area contributed by atoms with Crippen LogP contribution in [-0.4, -0.2) is 165 Å². The summed E-state index contributed by atoms with van der Waals surface area (Å²) >= 11 is 0. The van der Waals surface area contributed by atoms with Crippen molar-refractivity contribution in [1.82, 2.24) is 0 Å². The predicted molar refractivity (Wildman–Crippen MR) is 212 cm³/mol. The zero-order valence-electron chi connectivity index (χ0n) is 33.7. The second kappa shape index (κ2) is 29.3. The lowest BCUT2D eigenvalue weighted by atomic mass is 9.91. The van der Waals surface area contributed by atoms with Crippen LogP contribution in [-0.2, 0) is 14.3 Å². The fourth-order valence-corrected chi connectivity index (χ4v) is 6.50. The largest absolute Gasteiger partial charge is 0.393 e. The molecule has 0 spiro atoms. The average Bonchev–Trinajstić information content (AvgIpc) is 3.12. The fourth-order valence-electron chi connectivity index (χ4n) is 6.50. The maximum absolute atomic E-state index is 13.2. The highest BCUT2D eigenvalue weighted by molar-refractivity contribution is 5.81. The molecule has 1 aliphatic rings. The van der Waals surface area contributed by atoms with Gasteiger partial charge in [0.2, 0.25) is 0 Å². The summed E-state index contributed by atoms with van der Waals surface area (Å²) in [5.74, 6) is -1.20. The molecule has 16 unspecified atom stereocenters. The number of hydrogen-bond acceptors (Lipinski definition) is 16. The van der Waals surface area contributed by atoms with Crippen molar-refractivity contribution in [3.8, 4) is 0 Å². The monoisotopic (exact) mass is 819 g/mol. The van der Waals surface area contributed by atoms with Crippen LogP contribution in [0.1, 0.15) is 97.8 Å². The molecule has 14 N–H and O–H groups in total. The molecule has 1 rings (SSSR count). The van der Waals surface area contributed by atoms with Crippen LogP contribution in [0.4, 0.5) is 0 Å². The van der Waals surface area contributed by atoms with Crippen LogP contribution in [0.2, 0.25) is 0 Å². The van der Waals surface area contributed by atoms with Crippen LogP contribution in [0.3, 0.4) is 0 Å². The number of rotatable bonds is 30. The summed E-state index contributed by atoms with van der Waals surface area (Å²) in [6, 6.07) is 0. The Morgan fingerprint density at radius 2 is 1.18 bits per heavy atom. The molecule has 0 bridgehead atoms. The van der Waals surface area contributed by atoms with E-state index in [1.807, 2.05) is 13.0 Å². The van der Waals surface area contributed by atoms with E-state index in [2.05, 4.69) is 0 Å². The number of aliphatic hydroxyl groups excluding tert-OH is 12. The topological polar surface area (TPSA) is 304 Å². The number of allylic oxidation sites excluding steroid dienone is 3. The van der Waals surface area contributed by atoms with E-state index in [1.165, 1.54) is 25.2 Å². The Hall–Kier alpha value is -1.97. The van der Waals surface area contributed by atoms with Gasteiger partial charge in [-0.2, -0.15) is 0 Å². The highest BCUT2D eigenvalue weighted by atomic mass is 16.7. The molecule has 0 amide bonds. The maximum atomic E-state index is 13.2. The first-order valence-corrected chi connectivity index (χ1v) is 20.2. The van der Waals surface area contributed by atoms with Crippen molar-refractivity contribution in [1.29, 1.82) is 0 Å². The summed E-state index contributed by atoms with van der Waals surface area (Å²) in [5, 5.41) is 123. The molecule has 0 aromatic carbocycles. The molecule has 1 fully saturated rings. The van der Waals surface area contributed by atoms with E-state index in [0.717, 1.165) is 0 Å². The highest BCUT2D eigenvalue weighted by Gasteiger charge is 2.44. The lowest BCUT2D eigenvalue weighted by Gasteiger charge is -2.41. The van der Waals surface area contributed by atoms with Crippen LogP contribution >= 0.6 is 0 Å². The lowest BCUT2D eigenvalue weighted by molar-refractivity contribution is -0.306. The van der Waals surface area contributed by atoms with Gasteiger partial charge in [0.05, 0.1) is 67.1 Å². The molecule has 16 atom stereocenters. The number of Topliss-reactive ketones (excluding diaryl/α,β-unsaturated/α-hetero) is 1. The summed E-state index contributed by atoms with van der Waals surface area (Å²) in [6.45, 7) is 5.39. The third kappa shape index (κ3) is 22.8. The summed E-state index contributed by atoms with van der Waals surface area (Å²) in [5.41, 5.74) is 5.41. The van der Waals surface area contributed by atoms with Gasteiger partial charge >= 0.3 is 0 Å². The number of hydrogen-bond donors (Lipinski definition) is 13. The standard InChI is InChI=1S/C41H73NO15/c1-4-5-6-7-16-37(57-41-40(55)39(54)38(53)26(3)56-41)25(2)36(52)24-35(51)23-34(50)21-30(46)14-9-13-29(45)20-33(49)22-32(48)19-28(44)12-8-11-27(43)18-31(47)15-10-17-42/h4-9,12,14,25-35,37-41,43-51,53-55H,10-11,13,15-24,42H2,1-3H3/b5-4+,7-6+,12-8+,14-9+. The molecule has 16 nitrogen and oxygen atoms in total. The lowest BCUT2D eigenvalue weighted by Crippen LogP contribution is -2.58. The van der Waals surface area contributed by atoms with E-state index < -0.39 is 103 Å². The molecule has 0 saturated carbocycles. The van der Waals surface area contributed by atoms with Gasteiger partial charge in [0.1, 0.15) is 24.1 Å². The highest BCUT2D eigenvalue weighted by Crippen LogP contribution is 2.27. The quantitative estimate of drug-likeness (QED) is 0.0322. The van der Waals surface area contributed by atoms with Gasteiger partial charge in [-0.05, 0) is 78.2 Å². The number of ketones is 1. The van der Waals surface area contributed by atoms with Gasteiger partial charge in [0, 0.05) is 25.2 Å². The summed E-state index contributed by atoms with van der Waals surface area (Å²) < 4.78 is 11.5. The van der Waals surface area contributed by atoms with Gasteiger partial charge in [-0.1, -0.05) is 55.5 Å². The Morgan fingerprint density at radius 3 is 1.72 bits per heavy atom. The first-order valence-electron chi connectivity index (χ1n) is 20.2. The van der Waals surface area contributed by atoms with E-state index in [9.17, 15) is 66.1 Å². The van der Waals surface area contributed by atoms with Crippen molar-refractivity contribution in [3.63, 3.8) is 0 Å². The van der Waals surface area contributed by atoms with E-state index in [4.69, 9.17) is 15.2 Å². The molecular weight excluding hydrogens is 746 g/mol. The van der Waals surface area contributed by atoms with Crippen molar-refractivity contribution in [2.45, 2.75) is 190 Å². The second-order valence-corrected chi connectivity index (χ2v) is 15.4. The van der Waals surface area contributed by atoms with Gasteiger partial charge in [-0.25, -0.2) is 0 Å². The van der Waals surface area contributed by atoms with Gasteiger partial charge < -0.3 is 76.5 Å². The van der Waals surface area contributed by atoms with Crippen LogP contribution in [0.5, 0.6) is 0 Å². The smallest absolute Gasteiger partial charge is 0.186 e. The van der Waals surface area contributed by atoms with E-state index in [-0.39, 0.29) is 64.2 Å². The minimum absolute atomic E-state index is 0.0540. The number of nitrogens with two attached hydrogens (primary N) is 1. The summed E-state index contributed by atoms with van der Waals surface area (Å²) in [7, 11) is 0. The van der Waals surface area contributed by atoms with Crippen molar-refractivity contribution in [2.24, 2.45) is 11.7 Å². The Bertz CT molecular complexity index is 1190. The van der Waals surface area contributed by atoms with Crippen molar-refractivity contribution in [2.75, 3.05) is 6.54 Å². The Morgan fingerprint density at radius 1 is 0.667 bits per heavy atom. The average molecular weight is 820 g/mol. The summed E-state index contributed by atoms with van der Waals surface area (Å²) in [6.07, 6.45) is -2.85. The minimum atomic E-state index is -1.57. The fraction of sp³-hybridized carbons (Fsp3) is 0.780. The van der Waals surface area contributed by atoms with Gasteiger partial charge in [-0.15, -0.1) is 0 Å². The third-order valence-corrected chi connectivity index (χ3v) is 9.91. The number of aliphatic hydroxyl groups is 12. The maximum Gasteiger partial charge on any atom is 0.186 e. The molecule has 0 aromatic heterocycles. The van der Waals surface area contributed by atoms with Crippen LogP contribution < -0.4 is 5.73 Å².